The Balaban J connectivity index is 0.00000196. The van der Waals surface area contributed by atoms with Crippen molar-refractivity contribution in [3.05, 3.63) is 60.7 Å². The van der Waals surface area contributed by atoms with E-state index in [4.69, 9.17) is 4.42 Å². The van der Waals surface area contributed by atoms with Crippen LogP contribution >= 0.6 is 0 Å². The first-order valence-electron chi connectivity index (χ1n) is 8.36. The molecule has 0 atom stereocenters. The van der Waals surface area contributed by atoms with Crippen LogP contribution in [0.2, 0.25) is 19.6 Å². The van der Waals surface area contributed by atoms with Gasteiger partial charge < -0.3 is 8.98 Å². The summed E-state index contributed by atoms with van der Waals surface area (Å²) in [4.78, 5) is 9.01. The first kappa shape index (κ1) is 18.8. The van der Waals surface area contributed by atoms with Crippen LogP contribution in [0.1, 0.15) is 5.89 Å². The van der Waals surface area contributed by atoms with Gasteiger partial charge in [-0.3, -0.25) is 4.98 Å². The van der Waals surface area contributed by atoms with Crippen LogP contribution in [0.3, 0.4) is 0 Å². The van der Waals surface area contributed by atoms with Crippen LogP contribution in [-0.2, 0) is 20.1 Å². The number of hydrogen-bond acceptors (Lipinski definition) is 3. The number of para-hydroxylation sites is 1. The number of benzene rings is 2. The van der Waals surface area contributed by atoms with Gasteiger partial charge in [-0.2, -0.15) is 0 Å². The Kier molecular flexibility index (Phi) is 5.02. The van der Waals surface area contributed by atoms with Crippen molar-refractivity contribution in [1.82, 2.24) is 14.5 Å². The molecule has 4 nitrogen and oxygen atoms in total. The van der Waals surface area contributed by atoms with Crippen molar-refractivity contribution in [2.24, 2.45) is 0 Å². The van der Waals surface area contributed by atoms with Gasteiger partial charge in [-0.1, -0.05) is 37.8 Å². The Morgan fingerprint density at radius 1 is 1.15 bits per heavy atom. The van der Waals surface area contributed by atoms with Gasteiger partial charge in [0.05, 0.1) is 19.5 Å². The zero-order valence-electron chi connectivity index (χ0n) is 15.2. The molecule has 0 N–H and O–H groups in total. The molecule has 0 spiro atoms. The molecule has 0 amide bonds. The van der Waals surface area contributed by atoms with Crippen molar-refractivity contribution in [2.75, 3.05) is 0 Å². The third-order valence-corrected chi connectivity index (χ3v) is 6.32. The molecule has 135 valence electrons. The van der Waals surface area contributed by atoms with Gasteiger partial charge in [0.15, 0.2) is 5.89 Å². The summed E-state index contributed by atoms with van der Waals surface area (Å²) >= 11 is 0. The first-order valence-corrected chi connectivity index (χ1v) is 11.9. The molecule has 6 heteroatoms. The zero-order chi connectivity index (χ0) is 17.6. The van der Waals surface area contributed by atoms with E-state index in [1.54, 1.807) is 0 Å². The average Bonchev–Trinajstić information content (AvgIpc) is 3.18. The Bertz CT molecular complexity index is 1060. The number of rotatable bonds is 3. The fourth-order valence-corrected chi connectivity index (χ4v) is 4.70. The summed E-state index contributed by atoms with van der Waals surface area (Å²) in [6, 6.07) is 15.7. The Hall–Kier alpha value is -2.01. The molecule has 0 fully saturated rings. The number of imidazole rings is 1. The number of oxazole rings is 1. The summed E-state index contributed by atoms with van der Waals surface area (Å²) < 4.78 is 7.71. The van der Waals surface area contributed by atoms with Crippen molar-refractivity contribution >= 4 is 24.4 Å². The molecule has 2 heterocycles. The normalized spacial score (nSPS) is 11.5. The predicted molar refractivity (Wildman–Crippen MR) is 103 cm³/mol. The van der Waals surface area contributed by atoms with Gasteiger partial charge in [-0.25, -0.2) is 4.98 Å². The summed E-state index contributed by atoms with van der Waals surface area (Å²) in [5, 5.41) is 1.41. The fraction of sp³-hybridized carbons (Fsp3) is 0.200. The summed E-state index contributed by atoms with van der Waals surface area (Å²) in [5.41, 5.74) is 3.69. The topological polar surface area (TPSA) is 43.9 Å². The molecule has 0 saturated heterocycles. The Morgan fingerprint density at radius 2 is 1.92 bits per heavy atom. The van der Waals surface area contributed by atoms with E-state index in [1.807, 2.05) is 31.5 Å². The van der Waals surface area contributed by atoms with Crippen molar-refractivity contribution in [3.8, 4) is 17.1 Å². The van der Waals surface area contributed by atoms with Gasteiger partial charge >= 0.3 is 0 Å². The van der Waals surface area contributed by atoms with Crippen molar-refractivity contribution < 1.29 is 24.5 Å². The maximum atomic E-state index is 5.55. The van der Waals surface area contributed by atoms with Gasteiger partial charge in [0.25, 0.3) is 0 Å². The second-order valence-electron chi connectivity index (χ2n) is 7.22. The monoisotopic (exact) mass is 539 g/mol. The molecule has 0 unspecified atom stereocenters. The molecule has 4 rings (SSSR count). The number of nitrogens with zero attached hydrogens (tertiary/aromatic N) is 3. The smallest absolute Gasteiger partial charge is 0.180 e. The van der Waals surface area contributed by atoms with Crippen LogP contribution in [0.5, 0.6) is 0 Å². The Labute approximate surface area is 167 Å². The first-order chi connectivity index (χ1) is 11.9. The second kappa shape index (κ2) is 6.95. The summed E-state index contributed by atoms with van der Waals surface area (Å²) in [6.45, 7) is 8.93. The number of aryl methyl sites for hydroxylation is 1. The van der Waals surface area contributed by atoms with E-state index in [0.717, 1.165) is 22.5 Å². The average molecular weight is 539 g/mol. The second-order valence-corrected chi connectivity index (χ2v) is 12.3. The molecule has 0 aliphatic heterocycles. The minimum absolute atomic E-state index is 0. The number of fused-ring (bicyclic) bond motifs is 1. The molecule has 26 heavy (non-hydrogen) atoms. The SMILES string of the molecule is Cc1nc2cc(-c3nccn3-c3ccccc3[Si](C)(C)C)[c-]cc2o1.[Ir]. The van der Waals surface area contributed by atoms with E-state index >= 15 is 0 Å². The third-order valence-electron chi connectivity index (χ3n) is 4.28. The van der Waals surface area contributed by atoms with Crippen LogP contribution in [0.15, 0.2) is 53.2 Å². The predicted octanol–water partition coefficient (Wildman–Crippen LogP) is 4.33. The standard InChI is InChI=1S/C20H20N3OSi.Ir/c1-14-22-16-13-15(9-10-18(16)24-14)20-21-11-12-23(20)17-7-5-6-8-19(17)25(2,3)4;/h5-8,10-13H,1-4H3;/q-1;. The summed E-state index contributed by atoms with van der Waals surface area (Å²) in [5.74, 6) is 1.53. The quantitative estimate of drug-likeness (QED) is 0.288. The van der Waals surface area contributed by atoms with E-state index in [1.165, 1.54) is 10.9 Å². The van der Waals surface area contributed by atoms with Gasteiger partial charge in [-0.15, -0.1) is 23.8 Å². The number of aromatic nitrogens is 3. The fourth-order valence-electron chi connectivity index (χ4n) is 3.13. The molecule has 4 aromatic rings. The zero-order valence-corrected chi connectivity index (χ0v) is 18.6. The van der Waals surface area contributed by atoms with Crippen LogP contribution in [0, 0.1) is 13.0 Å². The minimum atomic E-state index is -1.48. The van der Waals surface area contributed by atoms with Gasteiger partial charge in [0, 0.05) is 50.6 Å². The van der Waals surface area contributed by atoms with Gasteiger partial charge in [0.2, 0.25) is 0 Å². The maximum Gasteiger partial charge on any atom is 0.180 e. The maximum absolute atomic E-state index is 5.55. The van der Waals surface area contributed by atoms with E-state index in [9.17, 15) is 0 Å². The number of hydrogen-bond donors (Lipinski definition) is 0. The Morgan fingerprint density at radius 3 is 2.69 bits per heavy atom. The van der Waals surface area contributed by atoms with E-state index in [0.29, 0.717) is 5.89 Å². The van der Waals surface area contributed by atoms with Gasteiger partial charge in [-0.05, 0) is 11.3 Å². The van der Waals surface area contributed by atoms with Crippen LogP contribution in [0.4, 0.5) is 0 Å². The van der Waals surface area contributed by atoms with Crippen LogP contribution in [0.25, 0.3) is 28.2 Å². The molecule has 2 aromatic carbocycles. The largest absolute Gasteiger partial charge is 0.488 e. The molecular weight excluding hydrogens is 519 g/mol. The van der Waals surface area contributed by atoms with Crippen molar-refractivity contribution in [3.63, 3.8) is 0 Å². The van der Waals surface area contributed by atoms with E-state index < -0.39 is 8.07 Å². The van der Waals surface area contributed by atoms with Crippen LogP contribution < -0.4 is 5.19 Å². The van der Waals surface area contributed by atoms with Crippen molar-refractivity contribution in [2.45, 2.75) is 26.6 Å². The summed E-state index contributed by atoms with van der Waals surface area (Å²) in [7, 11) is -1.48. The van der Waals surface area contributed by atoms with Crippen molar-refractivity contribution in [1.29, 1.82) is 0 Å². The molecule has 0 aliphatic carbocycles. The minimum Gasteiger partial charge on any atom is -0.488 e. The molecule has 0 saturated carbocycles. The molecular formula is C20H20IrN3OSi-. The summed E-state index contributed by atoms with van der Waals surface area (Å²) in [6.07, 6.45) is 3.85. The molecule has 0 bridgehead atoms. The van der Waals surface area contributed by atoms with Crippen LogP contribution in [-0.4, -0.2) is 22.6 Å². The molecule has 0 aliphatic rings. The molecule has 2 aromatic heterocycles. The molecule has 1 radical (unpaired) electrons. The van der Waals surface area contributed by atoms with Gasteiger partial charge in [0.1, 0.15) is 0 Å². The van der Waals surface area contributed by atoms with E-state index in [-0.39, 0.29) is 20.1 Å². The van der Waals surface area contributed by atoms with E-state index in [2.05, 4.69) is 64.5 Å². The third kappa shape index (κ3) is 3.32.